The van der Waals surface area contributed by atoms with Crippen LogP contribution >= 0.6 is 0 Å². The molecule has 0 aromatic rings. The minimum absolute atomic E-state index is 0.881. The molecule has 0 nitrogen and oxygen atoms in total. The summed E-state index contributed by atoms with van der Waals surface area (Å²) in [4.78, 5) is 0. The Balaban J connectivity index is 3.85. The maximum atomic E-state index is 4.18. The van der Waals surface area contributed by atoms with E-state index in [-0.39, 0.29) is 0 Å². The molecular weight excluding hydrogens is 204 g/mol. The van der Waals surface area contributed by atoms with Gasteiger partial charge in [0.05, 0.1) is 0 Å². The number of allylic oxidation sites excluding steroid dienone is 3. The Morgan fingerprint density at radius 3 is 2.06 bits per heavy atom. The Kier molecular flexibility index (Phi) is 8.85. The summed E-state index contributed by atoms with van der Waals surface area (Å²) in [7, 11) is 0. The summed E-state index contributed by atoms with van der Waals surface area (Å²) in [6, 6.07) is 0. The summed E-state index contributed by atoms with van der Waals surface area (Å²) in [6.07, 6.45) is 8.34. The van der Waals surface area contributed by atoms with Gasteiger partial charge in [0, 0.05) is 0 Å². The molecule has 0 saturated heterocycles. The molecule has 0 aliphatic heterocycles. The first kappa shape index (κ1) is 16.2. The van der Waals surface area contributed by atoms with Crippen molar-refractivity contribution in [2.45, 2.75) is 65.7 Å². The van der Waals surface area contributed by atoms with Gasteiger partial charge in [-0.15, -0.1) is 0 Å². The zero-order chi connectivity index (χ0) is 13.3. The van der Waals surface area contributed by atoms with Gasteiger partial charge in [0.25, 0.3) is 0 Å². The number of rotatable bonds is 10. The molecule has 0 amide bonds. The molecule has 0 radical (unpaired) electrons. The summed E-state index contributed by atoms with van der Waals surface area (Å²) >= 11 is 0. The molecule has 0 aliphatic rings. The molecule has 98 valence electrons. The molecule has 0 heterocycles. The zero-order valence-corrected chi connectivity index (χ0v) is 12.1. The minimum Gasteiger partial charge on any atom is -0.0998 e. The molecule has 0 spiro atoms. The third kappa shape index (κ3) is 8.97. The minimum atomic E-state index is 0.881. The molecular formula is C17H30. The maximum absolute atomic E-state index is 4.18. The van der Waals surface area contributed by atoms with E-state index in [0.29, 0.717) is 0 Å². The fourth-order valence-corrected chi connectivity index (χ4v) is 2.30. The second-order valence-electron chi connectivity index (χ2n) is 5.41. The first-order chi connectivity index (χ1) is 7.99. The summed E-state index contributed by atoms with van der Waals surface area (Å²) in [5, 5.41) is 0. The molecule has 0 saturated carbocycles. The Hall–Kier alpha value is -0.780. The van der Waals surface area contributed by atoms with Crippen molar-refractivity contribution in [1.29, 1.82) is 0 Å². The van der Waals surface area contributed by atoms with Gasteiger partial charge in [-0.3, -0.25) is 0 Å². The van der Waals surface area contributed by atoms with Gasteiger partial charge in [0.15, 0.2) is 0 Å². The smallest absolute Gasteiger partial charge is 0.0111 e. The Morgan fingerprint density at radius 2 is 1.59 bits per heavy atom. The molecule has 17 heavy (non-hydrogen) atoms. The predicted molar refractivity (Wildman–Crippen MR) is 80.3 cm³/mol. The summed E-state index contributed by atoms with van der Waals surface area (Å²) in [6.45, 7) is 18.8. The lowest BCUT2D eigenvalue weighted by Gasteiger charge is -2.15. The molecule has 0 aliphatic carbocycles. The SMILES string of the molecule is C=C(C)CC(=C)CC(=C)CCC(CC)CCC. The van der Waals surface area contributed by atoms with Crippen molar-refractivity contribution in [3.63, 3.8) is 0 Å². The van der Waals surface area contributed by atoms with Gasteiger partial charge in [-0.05, 0) is 38.5 Å². The van der Waals surface area contributed by atoms with Gasteiger partial charge >= 0.3 is 0 Å². The Bertz CT molecular complexity index is 257. The van der Waals surface area contributed by atoms with E-state index in [9.17, 15) is 0 Å². The topological polar surface area (TPSA) is 0 Å². The quantitative estimate of drug-likeness (QED) is 0.403. The Morgan fingerprint density at radius 1 is 0.941 bits per heavy atom. The van der Waals surface area contributed by atoms with Crippen LogP contribution in [-0.2, 0) is 0 Å². The van der Waals surface area contributed by atoms with E-state index in [1.54, 1.807) is 0 Å². The van der Waals surface area contributed by atoms with Crippen LogP contribution in [0.2, 0.25) is 0 Å². The fraction of sp³-hybridized carbons (Fsp3) is 0.647. The van der Waals surface area contributed by atoms with Crippen LogP contribution in [0.15, 0.2) is 36.5 Å². The first-order valence-corrected chi connectivity index (χ1v) is 6.97. The van der Waals surface area contributed by atoms with Crippen LogP contribution < -0.4 is 0 Å². The lowest BCUT2D eigenvalue weighted by Crippen LogP contribution is -1.99. The van der Waals surface area contributed by atoms with Gasteiger partial charge in [-0.2, -0.15) is 0 Å². The zero-order valence-electron chi connectivity index (χ0n) is 12.1. The van der Waals surface area contributed by atoms with E-state index in [1.165, 1.54) is 42.4 Å². The van der Waals surface area contributed by atoms with Gasteiger partial charge in [0.1, 0.15) is 0 Å². The second kappa shape index (κ2) is 9.27. The maximum Gasteiger partial charge on any atom is -0.0111 e. The van der Waals surface area contributed by atoms with Crippen molar-refractivity contribution in [2.24, 2.45) is 5.92 Å². The highest BCUT2D eigenvalue weighted by Crippen LogP contribution is 2.23. The lowest BCUT2D eigenvalue weighted by atomic mass is 9.91. The molecule has 0 N–H and O–H groups in total. The molecule has 0 aromatic heterocycles. The van der Waals surface area contributed by atoms with Crippen molar-refractivity contribution in [3.05, 3.63) is 36.5 Å². The molecule has 1 atom stereocenters. The Labute approximate surface area is 109 Å². The van der Waals surface area contributed by atoms with Crippen molar-refractivity contribution in [3.8, 4) is 0 Å². The number of hydrogen-bond acceptors (Lipinski definition) is 0. The molecule has 1 unspecified atom stereocenters. The monoisotopic (exact) mass is 234 g/mol. The van der Waals surface area contributed by atoms with E-state index in [1.807, 2.05) is 0 Å². The fourth-order valence-electron chi connectivity index (χ4n) is 2.30. The molecule has 0 heteroatoms. The summed E-state index contributed by atoms with van der Waals surface area (Å²) in [5.41, 5.74) is 3.79. The average molecular weight is 234 g/mol. The van der Waals surface area contributed by atoms with Crippen molar-refractivity contribution >= 4 is 0 Å². The van der Waals surface area contributed by atoms with Gasteiger partial charge < -0.3 is 0 Å². The van der Waals surface area contributed by atoms with Gasteiger partial charge in [-0.25, -0.2) is 0 Å². The van der Waals surface area contributed by atoms with Crippen molar-refractivity contribution in [1.82, 2.24) is 0 Å². The van der Waals surface area contributed by atoms with Crippen molar-refractivity contribution < 1.29 is 0 Å². The standard InChI is InChI=1S/C17H30/c1-7-9-17(8-2)11-10-15(5)13-16(6)12-14(3)4/h17H,3,5-13H2,1-2,4H3. The highest BCUT2D eigenvalue weighted by Gasteiger charge is 2.06. The van der Waals surface area contributed by atoms with E-state index >= 15 is 0 Å². The van der Waals surface area contributed by atoms with E-state index in [4.69, 9.17) is 0 Å². The van der Waals surface area contributed by atoms with Crippen molar-refractivity contribution in [2.75, 3.05) is 0 Å². The molecule has 0 fully saturated rings. The highest BCUT2D eigenvalue weighted by atomic mass is 14.1. The number of hydrogen-bond donors (Lipinski definition) is 0. The van der Waals surface area contributed by atoms with Crippen LogP contribution in [0.25, 0.3) is 0 Å². The summed E-state index contributed by atoms with van der Waals surface area (Å²) < 4.78 is 0. The highest BCUT2D eigenvalue weighted by molar-refractivity contribution is 5.15. The molecule has 0 rings (SSSR count). The molecule has 0 aromatic carbocycles. The van der Waals surface area contributed by atoms with E-state index in [2.05, 4.69) is 40.5 Å². The normalized spacial score (nSPS) is 12.2. The van der Waals surface area contributed by atoms with Crippen LogP contribution in [0.4, 0.5) is 0 Å². The van der Waals surface area contributed by atoms with Crippen LogP contribution in [-0.4, -0.2) is 0 Å². The first-order valence-electron chi connectivity index (χ1n) is 6.97. The van der Waals surface area contributed by atoms with Crippen LogP contribution in [0.3, 0.4) is 0 Å². The molecule has 0 bridgehead atoms. The van der Waals surface area contributed by atoms with Crippen LogP contribution in [0.1, 0.15) is 65.7 Å². The van der Waals surface area contributed by atoms with Crippen LogP contribution in [0, 0.1) is 5.92 Å². The third-order valence-electron chi connectivity index (χ3n) is 3.23. The predicted octanol–water partition coefficient (Wildman–Crippen LogP) is 6.06. The van der Waals surface area contributed by atoms with E-state index < -0.39 is 0 Å². The third-order valence-corrected chi connectivity index (χ3v) is 3.23. The largest absolute Gasteiger partial charge is 0.0998 e. The van der Waals surface area contributed by atoms with Crippen LogP contribution in [0.5, 0.6) is 0 Å². The summed E-state index contributed by atoms with van der Waals surface area (Å²) in [5.74, 6) is 0.881. The van der Waals surface area contributed by atoms with E-state index in [0.717, 1.165) is 25.2 Å². The van der Waals surface area contributed by atoms with Gasteiger partial charge in [-0.1, -0.05) is 69.6 Å². The lowest BCUT2D eigenvalue weighted by molar-refractivity contribution is 0.431. The van der Waals surface area contributed by atoms with Gasteiger partial charge in [0.2, 0.25) is 0 Å². The second-order valence-corrected chi connectivity index (χ2v) is 5.41. The average Bonchev–Trinajstić information content (AvgIpc) is 2.22.